The van der Waals surface area contributed by atoms with E-state index in [-0.39, 0.29) is 5.41 Å². The quantitative estimate of drug-likeness (QED) is 0.580. The molecule has 0 N–H and O–H groups in total. The molecule has 0 amide bonds. The van der Waals surface area contributed by atoms with Gasteiger partial charge in [0.25, 0.3) is 0 Å². The van der Waals surface area contributed by atoms with Gasteiger partial charge in [-0.1, -0.05) is 46.7 Å². The van der Waals surface area contributed by atoms with E-state index >= 15 is 0 Å². The second kappa shape index (κ2) is 4.24. The van der Waals surface area contributed by atoms with Gasteiger partial charge in [0, 0.05) is 5.41 Å². The van der Waals surface area contributed by atoms with Gasteiger partial charge in [0.1, 0.15) is 0 Å². The van der Waals surface area contributed by atoms with Gasteiger partial charge >= 0.3 is 0 Å². The molecule has 0 bridgehead atoms. The Morgan fingerprint density at radius 3 is 2.69 bits per heavy atom. The summed E-state index contributed by atoms with van der Waals surface area (Å²) >= 11 is 0. The van der Waals surface area contributed by atoms with Crippen molar-refractivity contribution in [2.75, 3.05) is 6.66 Å². The molecule has 2 unspecified atom stereocenters. The molecular formula is C12H19P. The Morgan fingerprint density at radius 2 is 2.15 bits per heavy atom. The van der Waals surface area contributed by atoms with E-state index in [4.69, 9.17) is 0 Å². The summed E-state index contributed by atoms with van der Waals surface area (Å²) in [5.41, 5.74) is 1.70. The number of allylic oxidation sites excluding steroid dienone is 6. The average Bonchev–Trinajstić information content (AvgIpc) is 2.27. The molecule has 2 atom stereocenters. The van der Waals surface area contributed by atoms with Crippen LogP contribution in [0.15, 0.2) is 35.2 Å². The summed E-state index contributed by atoms with van der Waals surface area (Å²) in [5.74, 6) is 0. The van der Waals surface area contributed by atoms with E-state index in [1.807, 2.05) is 0 Å². The highest BCUT2D eigenvalue weighted by Gasteiger charge is 2.17. The summed E-state index contributed by atoms with van der Waals surface area (Å²) in [5, 5.41) is 1.52. The Kier molecular flexibility index (Phi) is 3.50. The van der Waals surface area contributed by atoms with Crippen LogP contribution in [0, 0.1) is 5.41 Å². The Balaban J connectivity index is 3.04. The van der Waals surface area contributed by atoms with Crippen LogP contribution in [0.3, 0.4) is 0 Å². The zero-order chi connectivity index (χ0) is 9.90. The first kappa shape index (κ1) is 10.7. The van der Waals surface area contributed by atoms with Crippen LogP contribution >= 0.6 is 8.58 Å². The minimum absolute atomic E-state index is 0.270. The molecule has 0 radical (unpaired) electrons. The van der Waals surface area contributed by atoms with Crippen LogP contribution in [0.2, 0.25) is 0 Å². The first-order valence-corrected chi connectivity index (χ1v) is 6.38. The van der Waals surface area contributed by atoms with Gasteiger partial charge in [0.2, 0.25) is 0 Å². The van der Waals surface area contributed by atoms with Crippen LogP contribution in [0.25, 0.3) is 0 Å². The number of hydrogen-bond acceptors (Lipinski definition) is 0. The van der Waals surface area contributed by atoms with Crippen LogP contribution in [-0.2, 0) is 0 Å². The molecule has 0 fully saturated rings. The predicted octanol–water partition coefficient (Wildman–Crippen LogP) is 4.11. The Hall–Kier alpha value is -0.350. The molecule has 0 saturated carbocycles. The smallest absolute Gasteiger partial charge is 0.00425 e. The van der Waals surface area contributed by atoms with Crippen molar-refractivity contribution in [1.82, 2.24) is 0 Å². The van der Waals surface area contributed by atoms with E-state index in [0.29, 0.717) is 0 Å². The third-order valence-electron chi connectivity index (χ3n) is 2.75. The highest BCUT2D eigenvalue weighted by atomic mass is 31.1. The lowest BCUT2D eigenvalue weighted by Gasteiger charge is -2.20. The lowest BCUT2D eigenvalue weighted by atomic mass is 9.87. The molecule has 0 aromatic heterocycles. The van der Waals surface area contributed by atoms with Crippen molar-refractivity contribution in [2.24, 2.45) is 5.41 Å². The van der Waals surface area contributed by atoms with Crippen molar-refractivity contribution in [2.45, 2.75) is 27.2 Å². The molecule has 1 aliphatic carbocycles. The molecule has 0 spiro atoms. The van der Waals surface area contributed by atoms with Crippen LogP contribution in [0.5, 0.6) is 0 Å². The second-order valence-corrected chi connectivity index (χ2v) is 4.91. The summed E-state index contributed by atoms with van der Waals surface area (Å²) in [6, 6.07) is 0. The lowest BCUT2D eigenvalue weighted by Crippen LogP contribution is -2.07. The number of rotatable bonds is 2. The normalized spacial score (nSPS) is 28.9. The van der Waals surface area contributed by atoms with Gasteiger partial charge in [-0.15, -0.1) is 0 Å². The van der Waals surface area contributed by atoms with Crippen molar-refractivity contribution >= 4 is 8.58 Å². The molecule has 0 saturated heterocycles. The first-order valence-electron chi connectivity index (χ1n) is 4.88. The van der Waals surface area contributed by atoms with Crippen LogP contribution in [0.4, 0.5) is 0 Å². The molecular weight excluding hydrogens is 175 g/mol. The third-order valence-corrected chi connectivity index (χ3v) is 3.83. The van der Waals surface area contributed by atoms with E-state index in [1.54, 1.807) is 0 Å². The van der Waals surface area contributed by atoms with Crippen molar-refractivity contribution in [3.63, 3.8) is 0 Å². The van der Waals surface area contributed by atoms with E-state index in [0.717, 1.165) is 8.58 Å². The molecule has 1 aliphatic rings. The molecule has 1 rings (SSSR count). The van der Waals surface area contributed by atoms with Gasteiger partial charge in [-0.3, -0.25) is 0 Å². The second-order valence-electron chi connectivity index (χ2n) is 3.88. The lowest BCUT2D eigenvalue weighted by molar-refractivity contribution is 0.530. The van der Waals surface area contributed by atoms with Crippen molar-refractivity contribution in [1.29, 1.82) is 0 Å². The zero-order valence-electron chi connectivity index (χ0n) is 9.02. The molecule has 0 aromatic carbocycles. The van der Waals surface area contributed by atoms with E-state index in [1.165, 1.54) is 17.3 Å². The van der Waals surface area contributed by atoms with Gasteiger partial charge < -0.3 is 0 Å². The fraction of sp³-hybridized carbons (Fsp3) is 0.500. The van der Waals surface area contributed by atoms with E-state index in [2.05, 4.69) is 51.7 Å². The summed E-state index contributed by atoms with van der Waals surface area (Å²) in [6.45, 7) is 9.01. The first-order chi connectivity index (χ1) is 6.11. The molecule has 1 heteroatoms. The fourth-order valence-electron chi connectivity index (χ4n) is 1.48. The van der Waals surface area contributed by atoms with Gasteiger partial charge in [0.15, 0.2) is 0 Å². The summed E-state index contributed by atoms with van der Waals surface area (Å²) in [4.78, 5) is 0. The molecule has 0 aliphatic heterocycles. The highest BCUT2D eigenvalue weighted by Crippen LogP contribution is 2.36. The highest BCUT2D eigenvalue weighted by molar-refractivity contribution is 7.42. The summed E-state index contributed by atoms with van der Waals surface area (Å²) in [6.07, 6.45) is 10.3. The van der Waals surface area contributed by atoms with Crippen molar-refractivity contribution < 1.29 is 0 Å². The van der Waals surface area contributed by atoms with Crippen LogP contribution in [0.1, 0.15) is 27.2 Å². The minimum Gasteiger partial charge on any atom is -0.0936 e. The van der Waals surface area contributed by atoms with Crippen LogP contribution in [-0.4, -0.2) is 6.66 Å². The Morgan fingerprint density at radius 1 is 1.46 bits per heavy atom. The molecule has 0 aromatic rings. The van der Waals surface area contributed by atoms with Gasteiger partial charge in [0.05, 0.1) is 0 Å². The van der Waals surface area contributed by atoms with Crippen molar-refractivity contribution in [3.05, 3.63) is 35.2 Å². The maximum atomic E-state index is 2.43. The summed E-state index contributed by atoms with van der Waals surface area (Å²) < 4.78 is 0. The Labute approximate surface area is 83.6 Å². The van der Waals surface area contributed by atoms with Crippen molar-refractivity contribution in [3.8, 4) is 0 Å². The monoisotopic (exact) mass is 194 g/mol. The molecule has 13 heavy (non-hydrogen) atoms. The standard InChI is InChI=1S/C12H19P/c1-5-12(3)8-6-7-10(2)11(9-12)13-4/h6-9,13H,5H2,1-4H3. The topological polar surface area (TPSA) is 0 Å². The van der Waals surface area contributed by atoms with Crippen LogP contribution < -0.4 is 0 Å². The fourth-order valence-corrected chi connectivity index (χ4v) is 2.43. The zero-order valence-corrected chi connectivity index (χ0v) is 10.0. The van der Waals surface area contributed by atoms with Gasteiger partial charge in [-0.25, -0.2) is 0 Å². The molecule has 0 nitrogen and oxygen atoms in total. The summed E-state index contributed by atoms with van der Waals surface area (Å²) in [7, 11) is 0.905. The maximum Gasteiger partial charge on any atom is 0.00425 e. The van der Waals surface area contributed by atoms with E-state index in [9.17, 15) is 0 Å². The van der Waals surface area contributed by atoms with Gasteiger partial charge in [-0.2, -0.15) is 0 Å². The van der Waals surface area contributed by atoms with Gasteiger partial charge in [-0.05, 0) is 30.9 Å². The number of hydrogen-bond donors (Lipinski definition) is 0. The largest absolute Gasteiger partial charge is 0.0936 e. The SMILES string of the molecule is CCC1(C)C=CC=C(C)C(PC)=C1. The predicted molar refractivity (Wildman–Crippen MR) is 63.6 cm³/mol. The third kappa shape index (κ3) is 2.54. The van der Waals surface area contributed by atoms with E-state index < -0.39 is 0 Å². The Bertz CT molecular complexity index is 271. The maximum absolute atomic E-state index is 2.43. The minimum atomic E-state index is 0.270. The average molecular weight is 194 g/mol. The molecule has 72 valence electrons. The molecule has 0 heterocycles.